The Labute approximate surface area is 74.8 Å². The molecule has 0 N–H and O–H groups in total. The summed E-state index contributed by atoms with van der Waals surface area (Å²) in [5.74, 6) is 0.523. The Morgan fingerprint density at radius 1 is 1.42 bits per heavy atom. The Bertz CT molecular complexity index is 203. The van der Waals surface area contributed by atoms with Gasteiger partial charge in [-0.15, -0.1) is 5.10 Å². The standard InChI is InChI=1S/C7H13N3.C2H6/c1-4-10-7(6(2)3)5-8-9-10;1-2/h5-6H,4H2,1-3H3;1-2H3. The van der Waals surface area contributed by atoms with Gasteiger partial charge in [-0.3, -0.25) is 0 Å². The van der Waals surface area contributed by atoms with Crippen LogP contribution in [0, 0.1) is 0 Å². The summed E-state index contributed by atoms with van der Waals surface area (Å²) in [6.07, 6.45) is 1.83. The van der Waals surface area contributed by atoms with Gasteiger partial charge in [-0.05, 0) is 12.8 Å². The molecule has 12 heavy (non-hydrogen) atoms. The van der Waals surface area contributed by atoms with Crippen LogP contribution in [0.15, 0.2) is 6.20 Å². The maximum atomic E-state index is 3.92. The van der Waals surface area contributed by atoms with Gasteiger partial charge in [0.1, 0.15) is 0 Å². The van der Waals surface area contributed by atoms with Crippen molar-refractivity contribution in [2.75, 3.05) is 0 Å². The number of hydrogen-bond acceptors (Lipinski definition) is 2. The lowest BCUT2D eigenvalue weighted by atomic mass is 10.1. The Kier molecular flexibility index (Phi) is 5.34. The van der Waals surface area contributed by atoms with E-state index in [0.717, 1.165) is 6.54 Å². The summed E-state index contributed by atoms with van der Waals surface area (Å²) in [6, 6.07) is 0. The number of aryl methyl sites for hydroxylation is 1. The van der Waals surface area contributed by atoms with Crippen molar-refractivity contribution >= 4 is 0 Å². The SMILES string of the molecule is CC.CCn1nncc1C(C)C. The first-order chi connectivity index (χ1) is 5.75. The third-order valence-corrected chi connectivity index (χ3v) is 1.54. The third kappa shape index (κ3) is 2.64. The van der Waals surface area contributed by atoms with Crippen molar-refractivity contribution in [3.05, 3.63) is 11.9 Å². The van der Waals surface area contributed by atoms with Gasteiger partial charge in [0.2, 0.25) is 0 Å². The Morgan fingerprint density at radius 2 is 2.00 bits per heavy atom. The Hall–Kier alpha value is -0.860. The second-order valence-corrected chi connectivity index (χ2v) is 2.63. The first-order valence-corrected chi connectivity index (χ1v) is 4.64. The van der Waals surface area contributed by atoms with Crippen LogP contribution < -0.4 is 0 Å². The summed E-state index contributed by atoms with van der Waals surface area (Å²) in [5, 5.41) is 7.75. The molecule has 70 valence electrons. The van der Waals surface area contributed by atoms with E-state index in [1.807, 2.05) is 24.7 Å². The molecule has 0 saturated heterocycles. The van der Waals surface area contributed by atoms with Crippen molar-refractivity contribution in [3.8, 4) is 0 Å². The lowest BCUT2D eigenvalue weighted by molar-refractivity contribution is 0.579. The molecule has 1 aromatic rings. The fraction of sp³-hybridized carbons (Fsp3) is 0.778. The zero-order chi connectivity index (χ0) is 9.56. The largest absolute Gasteiger partial charge is 0.249 e. The normalized spacial score (nSPS) is 9.50. The third-order valence-electron chi connectivity index (χ3n) is 1.54. The summed E-state index contributed by atoms with van der Waals surface area (Å²) < 4.78 is 1.92. The molecule has 0 aliphatic heterocycles. The van der Waals surface area contributed by atoms with E-state index in [2.05, 4.69) is 31.1 Å². The van der Waals surface area contributed by atoms with E-state index in [0.29, 0.717) is 5.92 Å². The minimum atomic E-state index is 0.523. The van der Waals surface area contributed by atoms with Crippen molar-refractivity contribution in [1.29, 1.82) is 0 Å². The summed E-state index contributed by atoms with van der Waals surface area (Å²) >= 11 is 0. The molecule has 0 radical (unpaired) electrons. The lowest BCUT2D eigenvalue weighted by Crippen LogP contribution is -2.03. The quantitative estimate of drug-likeness (QED) is 0.680. The minimum absolute atomic E-state index is 0.523. The van der Waals surface area contributed by atoms with Crippen LogP contribution in [0.4, 0.5) is 0 Å². The van der Waals surface area contributed by atoms with E-state index in [-0.39, 0.29) is 0 Å². The first-order valence-electron chi connectivity index (χ1n) is 4.64. The highest BCUT2D eigenvalue weighted by Crippen LogP contribution is 2.10. The molecule has 3 heteroatoms. The van der Waals surface area contributed by atoms with Crippen molar-refractivity contribution in [2.24, 2.45) is 0 Å². The van der Waals surface area contributed by atoms with Gasteiger partial charge in [-0.1, -0.05) is 32.9 Å². The summed E-state index contributed by atoms with van der Waals surface area (Å²) in [6.45, 7) is 11.3. The first kappa shape index (κ1) is 11.1. The highest BCUT2D eigenvalue weighted by atomic mass is 15.4. The van der Waals surface area contributed by atoms with Crippen LogP contribution in [0.2, 0.25) is 0 Å². The molecular weight excluding hydrogens is 150 g/mol. The van der Waals surface area contributed by atoms with E-state index >= 15 is 0 Å². The van der Waals surface area contributed by atoms with Gasteiger partial charge < -0.3 is 0 Å². The van der Waals surface area contributed by atoms with Crippen LogP contribution in [0.3, 0.4) is 0 Å². The van der Waals surface area contributed by atoms with Gasteiger partial charge in [0.05, 0.1) is 11.9 Å². The summed E-state index contributed by atoms with van der Waals surface area (Å²) in [5.41, 5.74) is 1.21. The van der Waals surface area contributed by atoms with Crippen molar-refractivity contribution in [2.45, 2.75) is 47.1 Å². The molecule has 0 bridgehead atoms. The van der Waals surface area contributed by atoms with E-state index in [4.69, 9.17) is 0 Å². The lowest BCUT2D eigenvalue weighted by Gasteiger charge is -2.04. The second kappa shape index (κ2) is 5.75. The van der Waals surface area contributed by atoms with E-state index in [1.165, 1.54) is 5.69 Å². The number of hydrogen-bond donors (Lipinski definition) is 0. The van der Waals surface area contributed by atoms with Crippen LogP contribution >= 0.6 is 0 Å². The predicted molar refractivity (Wildman–Crippen MR) is 51.1 cm³/mol. The molecule has 1 aromatic heterocycles. The predicted octanol–water partition coefficient (Wildman–Crippen LogP) is 2.45. The van der Waals surface area contributed by atoms with Gasteiger partial charge in [-0.25, -0.2) is 4.68 Å². The average molecular weight is 169 g/mol. The van der Waals surface area contributed by atoms with Gasteiger partial charge >= 0.3 is 0 Å². The molecule has 0 aliphatic rings. The van der Waals surface area contributed by atoms with Gasteiger partial charge in [0, 0.05) is 6.54 Å². The van der Waals surface area contributed by atoms with Crippen LogP contribution in [0.25, 0.3) is 0 Å². The molecule has 0 fully saturated rings. The molecule has 0 spiro atoms. The van der Waals surface area contributed by atoms with Crippen molar-refractivity contribution in [1.82, 2.24) is 15.0 Å². The van der Waals surface area contributed by atoms with E-state index in [1.54, 1.807) is 0 Å². The molecule has 1 heterocycles. The molecule has 0 aliphatic carbocycles. The zero-order valence-electron chi connectivity index (χ0n) is 8.70. The summed E-state index contributed by atoms with van der Waals surface area (Å²) in [7, 11) is 0. The topological polar surface area (TPSA) is 30.7 Å². The molecular formula is C9H19N3. The fourth-order valence-corrected chi connectivity index (χ4v) is 0.959. The molecule has 0 saturated carbocycles. The van der Waals surface area contributed by atoms with E-state index in [9.17, 15) is 0 Å². The number of aromatic nitrogens is 3. The van der Waals surface area contributed by atoms with Crippen LogP contribution in [-0.2, 0) is 6.54 Å². The zero-order valence-corrected chi connectivity index (χ0v) is 8.70. The van der Waals surface area contributed by atoms with Crippen molar-refractivity contribution in [3.63, 3.8) is 0 Å². The molecule has 3 nitrogen and oxygen atoms in total. The second-order valence-electron chi connectivity index (χ2n) is 2.63. The molecule has 1 rings (SSSR count). The van der Waals surface area contributed by atoms with E-state index < -0.39 is 0 Å². The van der Waals surface area contributed by atoms with Crippen LogP contribution in [0.1, 0.15) is 46.2 Å². The molecule has 0 unspecified atom stereocenters. The highest BCUT2D eigenvalue weighted by Gasteiger charge is 2.04. The van der Waals surface area contributed by atoms with Crippen LogP contribution in [0.5, 0.6) is 0 Å². The van der Waals surface area contributed by atoms with Gasteiger partial charge in [0.15, 0.2) is 0 Å². The Balaban J connectivity index is 0.000000561. The number of nitrogens with zero attached hydrogens (tertiary/aromatic N) is 3. The Morgan fingerprint density at radius 3 is 2.33 bits per heavy atom. The monoisotopic (exact) mass is 169 g/mol. The van der Waals surface area contributed by atoms with Crippen molar-refractivity contribution < 1.29 is 0 Å². The summed E-state index contributed by atoms with van der Waals surface area (Å²) in [4.78, 5) is 0. The average Bonchev–Trinajstić information content (AvgIpc) is 2.55. The molecule has 0 aromatic carbocycles. The smallest absolute Gasteiger partial charge is 0.0727 e. The highest BCUT2D eigenvalue weighted by molar-refractivity contribution is 4.99. The maximum Gasteiger partial charge on any atom is 0.0727 e. The van der Waals surface area contributed by atoms with Gasteiger partial charge in [-0.2, -0.15) is 0 Å². The van der Waals surface area contributed by atoms with Crippen LogP contribution in [-0.4, -0.2) is 15.0 Å². The maximum absolute atomic E-state index is 3.92. The molecule has 0 amide bonds. The van der Waals surface area contributed by atoms with Gasteiger partial charge in [0.25, 0.3) is 0 Å². The molecule has 0 atom stereocenters. The number of rotatable bonds is 2. The minimum Gasteiger partial charge on any atom is -0.249 e. The fourth-order valence-electron chi connectivity index (χ4n) is 0.959.